The van der Waals surface area contributed by atoms with E-state index in [-0.39, 0.29) is 35.6 Å². The zero-order valence-electron chi connectivity index (χ0n) is 19.4. The number of primary amides is 1. The Kier molecular flexibility index (Phi) is 6.57. The van der Waals surface area contributed by atoms with E-state index in [0.29, 0.717) is 33.2 Å². The molecule has 35 heavy (non-hydrogen) atoms. The fourth-order valence-corrected chi connectivity index (χ4v) is 3.92. The van der Waals surface area contributed by atoms with Crippen LogP contribution in [0.5, 0.6) is 0 Å². The number of amides is 2. The van der Waals surface area contributed by atoms with Gasteiger partial charge < -0.3 is 16.0 Å². The van der Waals surface area contributed by atoms with Crippen molar-refractivity contribution in [2.24, 2.45) is 5.73 Å². The first-order valence-electron chi connectivity index (χ1n) is 10.8. The summed E-state index contributed by atoms with van der Waals surface area (Å²) in [4.78, 5) is 28.8. The molecule has 10 nitrogen and oxygen atoms in total. The molecular formula is C24H24ClN7O3. The largest absolute Gasteiger partial charge is 0.383 e. The lowest BCUT2D eigenvalue weighted by atomic mass is 10.1. The van der Waals surface area contributed by atoms with Crippen LogP contribution in [0, 0.1) is 6.92 Å². The maximum Gasteiger partial charge on any atom is 0.254 e. The van der Waals surface area contributed by atoms with Crippen LogP contribution in [0.3, 0.4) is 0 Å². The van der Waals surface area contributed by atoms with Crippen LogP contribution in [0.4, 0.5) is 11.7 Å². The highest BCUT2D eigenvalue weighted by molar-refractivity contribution is 6.33. The molecule has 0 bridgehead atoms. The van der Waals surface area contributed by atoms with Gasteiger partial charge in [0, 0.05) is 35.1 Å². The van der Waals surface area contributed by atoms with E-state index < -0.39 is 5.91 Å². The third kappa shape index (κ3) is 5.02. The molecule has 0 aliphatic rings. The van der Waals surface area contributed by atoms with Gasteiger partial charge in [0.15, 0.2) is 0 Å². The van der Waals surface area contributed by atoms with E-state index >= 15 is 0 Å². The highest BCUT2D eigenvalue weighted by Gasteiger charge is 2.23. The first kappa shape index (κ1) is 24.0. The molecule has 0 atom stereocenters. The van der Waals surface area contributed by atoms with Crippen molar-refractivity contribution in [2.75, 3.05) is 11.1 Å². The number of nitrogen functional groups attached to an aromatic ring is 1. The van der Waals surface area contributed by atoms with Gasteiger partial charge in [0.25, 0.3) is 5.91 Å². The van der Waals surface area contributed by atoms with Gasteiger partial charge in [0.2, 0.25) is 11.8 Å². The summed E-state index contributed by atoms with van der Waals surface area (Å²) in [7, 11) is 0. The number of nitrogens with two attached hydrogens (primary N) is 2. The third-order valence-electron chi connectivity index (χ3n) is 5.30. The highest BCUT2D eigenvalue weighted by atomic mass is 35.5. The molecule has 11 heteroatoms. The Morgan fingerprint density at radius 3 is 2.60 bits per heavy atom. The molecule has 0 saturated heterocycles. The number of nitrogens with zero attached hydrogens (tertiary/aromatic N) is 4. The fraction of sp³-hybridized carbons (Fsp3) is 0.208. The summed E-state index contributed by atoms with van der Waals surface area (Å²) < 4.78 is 6.76. The minimum Gasteiger partial charge on any atom is -0.383 e. The molecule has 0 saturated carbocycles. The van der Waals surface area contributed by atoms with Gasteiger partial charge in [-0.3, -0.25) is 19.9 Å². The molecule has 2 amide bonds. The van der Waals surface area contributed by atoms with E-state index in [0.717, 1.165) is 5.56 Å². The van der Waals surface area contributed by atoms with Crippen LogP contribution in [0.15, 0.2) is 47.1 Å². The summed E-state index contributed by atoms with van der Waals surface area (Å²) in [5.41, 5.74) is 15.4. The number of hydrogen-bond donors (Lipinski definition) is 3. The second-order valence-electron chi connectivity index (χ2n) is 8.33. The highest BCUT2D eigenvalue weighted by Crippen LogP contribution is 2.30. The lowest BCUT2D eigenvalue weighted by Crippen LogP contribution is -2.15. The Morgan fingerprint density at radius 1 is 1.20 bits per heavy atom. The van der Waals surface area contributed by atoms with Gasteiger partial charge in [0.1, 0.15) is 22.8 Å². The monoisotopic (exact) mass is 493 g/mol. The average molecular weight is 494 g/mol. The maximum absolute atomic E-state index is 12.5. The Hall–Kier alpha value is -4.18. The Bertz CT molecular complexity index is 1410. The van der Waals surface area contributed by atoms with E-state index in [4.69, 9.17) is 27.6 Å². The van der Waals surface area contributed by atoms with Crippen molar-refractivity contribution >= 4 is 35.1 Å². The van der Waals surface area contributed by atoms with Crippen molar-refractivity contribution in [3.8, 4) is 22.5 Å². The van der Waals surface area contributed by atoms with Crippen molar-refractivity contribution < 1.29 is 14.1 Å². The summed E-state index contributed by atoms with van der Waals surface area (Å²) in [6.45, 7) is 5.73. The number of nitrogens with one attached hydrogen (secondary N) is 1. The van der Waals surface area contributed by atoms with Crippen LogP contribution in [-0.2, 0) is 11.2 Å². The number of halogens is 1. The van der Waals surface area contributed by atoms with Crippen LogP contribution in [0.25, 0.3) is 22.5 Å². The van der Waals surface area contributed by atoms with Gasteiger partial charge in [-0.1, -0.05) is 28.9 Å². The number of anilines is 2. The molecule has 0 aliphatic carbocycles. The van der Waals surface area contributed by atoms with Gasteiger partial charge in [0.05, 0.1) is 11.4 Å². The molecule has 3 heterocycles. The topological polar surface area (TPSA) is 155 Å². The zero-order valence-corrected chi connectivity index (χ0v) is 20.1. The van der Waals surface area contributed by atoms with E-state index in [2.05, 4.69) is 20.6 Å². The predicted molar refractivity (Wildman–Crippen MR) is 133 cm³/mol. The summed E-state index contributed by atoms with van der Waals surface area (Å²) in [6, 6.07) is 10.5. The van der Waals surface area contributed by atoms with Crippen molar-refractivity contribution in [2.45, 2.75) is 33.2 Å². The molecule has 0 aliphatic heterocycles. The predicted octanol–water partition coefficient (Wildman–Crippen LogP) is 4.01. The molecular weight excluding hydrogens is 470 g/mol. The third-order valence-corrected chi connectivity index (χ3v) is 5.61. The SMILES string of the molecule is Cc1ccc(-c2cc(NC(=O)Cc3ccc(-c4nn(C(C)C)c(N)c4C(N)=O)cn3)on2)c(Cl)c1. The van der Waals surface area contributed by atoms with E-state index in [1.807, 2.05) is 39.0 Å². The number of aryl methyl sites for hydroxylation is 1. The van der Waals surface area contributed by atoms with Gasteiger partial charge in [-0.25, -0.2) is 4.68 Å². The number of aromatic nitrogens is 4. The molecule has 180 valence electrons. The lowest BCUT2D eigenvalue weighted by Gasteiger charge is -2.06. The summed E-state index contributed by atoms with van der Waals surface area (Å²) in [5, 5.41) is 11.6. The number of carbonyl (C=O) groups excluding carboxylic acids is 2. The number of carbonyl (C=O) groups is 2. The van der Waals surface area contributed by atoms with Crippen molar-refractivity contribution in [1.29, 1.82) is 0 Å². The first-order chi connectivity index (χ1) is 16.6. The molecule has 0 radical (unpaired) electrons. The van der Waals surface area contributed by atoms with Crippen LogP contribution < -0.4 is 16.8 Å². The van der Waals surface area contributed by atoms with Gasteiger partial charge in [-0.05, 0) is 44.5 Å². The molecule has 0 spiro atoms. The average Bonchev–Trinajstić information content (AvgIpc) is 3.38. The van der Waals surface area contributed by atoms with Crippen LogP contribution >= 0.6 is 11.6 Å². The van der Waals surface area contributed by atoms with Crippen molar-refractivity contribution in [3.63, 3.8) is 0 Å². The number of pyridine rings is 1. The Morgan fingerprint density at radius 2 is 1.97 bits per heavy atom. The van der Waals surface area contributed by atoms with Gasteiger partial charge in [-0.15, -0.1) is 0 Å². The number of rotatable bonds is 7. The minimum atomic E-state index is -0.675. The molecule has 0 unspecified atom stereocenters. The van der Waals surface area contributed by atoms with Crippen LogP contribution in [0.2, 0.25) is 5.02 Å². The quantitative estimate of drug-likeness (QED) is 0.351. The van der Waals surface area contributed by atoms with E-state index in [1.165, 1.54) is 10.9 Å². The Labute approximate surface area is 206 Å². The molecule has 4 aromatic rings. The van der Waals surface area contributed by atoms with E-state index in [1.54, 1.807) is 18.2 Å². The first-order valence-corrected chi connectivity index (χ1v) is 11.2. The fourth-order valence-electron chi connectivity index (χ4n) is 3.59. The summed E-state index contributed by atoms with van der Waals surface area (Å²) in [6.07, 6.45) is 1.51. The molecule has 0 fully saturated rings. The second kappa shape index (κ2) is 9.59. The molecule has 1 aromatic carbocycles. The molecule has 5 N–H and O–H groups in total. The standard InChI is InChI=1S/C24H24ClN7O3/c1-12(2)32-23(26)21(24(27)34)22(30-32)14-5-6-15(28-11-14)9-19(33)29-20-10-18(31-35-20)16-7-4-13(3)8-17(16)25/h4-8,10-12H,9,26H2,1-3H3,(H2,27,34)(H,29,33). The van der Waals surface area contributed by atoms with Gasteiger partial charge in [-0.2, -0.15) is 5.10 Å². The van der Waals surface area contributed by atoms with Crippen LogP contribution in [-0.4, -0.2) is 31.7 Å². The van der Waals surface area contributed by atoms with Crippen LogP contribution in [0.1, 0.15) is 41.5 Å². The molecule has 3 aromatic heterocycles. The zero-order chi connectivity index (χ0) is 25.3. The molecule has 4 rings (SSSR count). The van der Waals surface area contributed by atoms with Gasteiger partial charge >= 0.3 is 0 Å². The normalized spacial score (nSPS) is 11.1. The van der Waals surface area contributed by atoms with Crippen molar-refractivity contribution in [3.05, 3.63) is 64.4 Å². The van der Waals surface area contributed by atoms with E-state index in [9.17, 15) is 9.59 Å². The lowest BCUT2D eigenvalue weighted by molar-refractivity contribution is -0.115. The summed E-state index contributed by atoms with van der Waals surface area (Å²) >= 11 is 6.28. The minimum absolute atomic E-state index is 0.00709. The van der Waals surface area contributed by atoms with Crippen molar-refractivity contribution in [1.82, 2.24) is 19.9 Å². The Balaban J connectivity index is 1.46. The maximum atomic E-state index is 12.5. The second-order valence-corrected chi connectivity index (χ2v) is 8.74. The summed E-state index contributed by atoms with van der Waals surface area (Å²) in [5.74, 6) is -0.622. The number of hydrogen-bond acceptors (Lipinski definition) is 7. The number of benzene rings is 1. The smallest absolute Gasteiger partial charge is 0.254 e.